The number of hydrogen-bond donors (Lipinski definition) is 9. The number of rotatable bonds is 34. The van der Waals surface area contributed by atoms with Crippen molar-refractivity contribution in [3.63, 3.8) is 0 Å². The Morgan fingerprint density at radius 3 is 1.51 bits per heavy atom. The number of fused-ring (bicyclic) bond motifs is 4. The maximum absolute atomic E-state index is 13.0. The maximum Gasteiger partial charge on any atom is 0.403 e. The van der Waals surface area contributed by atoms with E-state index in [0.717, 1.165) is 96.3 Å². The first kappa shape index (κ1) is 89.7. The van der Waals surface area contributed by atoms with Crippen LogP contribution < -0.4 is 47.3 Å². The molecule has 110 heavy (non-hydrogen) atoms. The van der Waals surface area contributed by atoms with Crippen LogP contribution in [-0.2, 0) is 99.9 Å². The molecule has 9 aliphatic rings. The largest absolute Gasteiger partial charge is 0.491 e. The van der Waals surface area contributed by atoms with Crippen molar-refractivity contribution in [2.24, 2.45) is 5.92 Å². The third kappa shape index (κ3) is 28.6. The normalized spacial score (nSPS) is 29.7. The number of halogens is 1. The van der Waals surface area contributed by atoms with Crippen molar-refractivity contribution < 1.29 is 134 Å². The van der Waals surface area contributed by atoms with Gasteiger partial charge in [-0.3, -0.25) is 48.5 Å². The first-order valence-electron chi connectivity index (χ1n) is 36.1. The number of aliphatic carboxylic acids is 1. The van der Waals surface area contributed by atoms with Crippen molar-refractivity contribution in [3.8, 4) is 5.75 Å². The number of nitro groups is 1. The van der Waals surface area contributed by atoms with Crippen LogP contribution >= 0.6 is 46.9 Å². The molecule has 10 rings (SSSR count). The van der Waals surface area contributed by atoms with E-state index in [0.29, 0.717) is 29.9 Å². The standard InChI is InChI=1S/C42H56N4O20S.C13H23N3O4S.C10H16N2O3S.C3H5ClO2/c1-20(47)57-16-29-27(36(60-21(2)48)37(61-22(3)49)31(64-29)17-58-26-12-10-25(11-13-26)46(54)55)14-56-15-30-38(62-23(4)50)40(63-24(5)51)39-32(65-30)18-59-42(66-39)44-34(52)9-7-6-8-33-35-28(19-67-33)43-41(53)45-35;1-19-13(20-2)15-10(17)6-4-3-5-9-11-8(7-21-9)14-12(18)16-11;13-8(14)4-2-1-3-7-9-6(5-16-7)11-10(15)12-9;1-2-6-3(4)5/h10-13,27-33,35-40,42H,6-9,14-19H2,1-5H3,(H,44,52)(H2,43,45,53);8-9,11,13H,3-7H2,1-2H3,(H,15,17)(H2,14,16,18);6-7,9H,1-5H2,(H,13,14)(H2,11,12,15);2H2,1H3. The van der Waals surface area contributed by atoms with Gasteiger partial charge < -0.3 is 114 Å². The smallest absolute Gasteiger partial charge is 0.403 e. The van der Waals surface area contributed by atoms with Crippen molar-refractivity contribution in [2.75, 3.05) is 71.1 Å². The molecule has 0 aliphatic carbocycles. The van der Waals surface area contributed by atoms with Crippen molar-refractivity contribution in [3.05, 3.63) is 34.4 Å². The summed E-state index contributed by atoms with van der Waals surface area (Å²) in [5, 5.41) is 43.7. The highest BCUT2D eigenvalue weighted by Gasteiger charge is 2.55. The van der Waals surface area contributed by atoms with E-state index in [1.54, 1.807) is 18.7 Å². The fourth-order valence-electron chi connectivity index (χ4n) is 13.7. The van der Waals surface area contributed by atoms with E-state index >= 15 is 0 Å². The molecule has 0 radical (unpaired) electrons. The number of carboxylic acids is 1. The summed E-state index contributed by atoms with van der Waals surface area (Å²) in [6.07, 6.45) is -4.04. The van der Waals surface area contributed by atoms with Crippen LogP contribution in [0, 0.1) is 16.0 Å². The molecular formula is C68H100ClN9O29S3. The second-order valence-electron chi connectivity index (χ2n) is 26.7. The lowest BCUT2D eigenvalue weighted by molar-refractivity contribution is -0.384. The van der Waals surface area contributed by atoms with Crippen LogP contribution in [-0.4, -0.2) is 272 Å². The Morgan fingerprint density at radius 1 is 0.582 bits per heavy atom. The number of unbranched alkanes of at least 4 members (excludes halogenated alkanes) is 3. The first-order chi connectivity index (χ1) is 52.5. The number of ether oxygens (including phenoxy) is 14. The lowest BCUT2D eigenvalue weighted by atomic mass is 9.86. The Morgan fingerprint density at radius 2 is 1.05 bits per heavy atom. The highest BCUT2D eigenvalue weighted by molar-refractivity contribution is 8.00. The van der Waals surface area contributed by atoms with E-state index in [9.17, 15) is 67.6 Å². The molecule has 0 aromatic heterocycles. The van der Waals surface area contributed by atoms with E-state index in [-0.39, 0.29) is 129 Å². The van der Waals surface area contributed by atoms with Gasteiger partial charge in [0.05, 0.1) is 73.5 Å². The fraction of sp³-hybridized carbons (Fsp3) is 0.735. The van der Waals surface area contributed by atoms with Crippen LogP contribution in [0.5, 0.6) is 5.75 Å². The topological polar surface area (TPSA) is 494 Å². The van der Waals surface area contributed by atoms with Crippen molar-refractivity contribution in [2.45, 2.75) is 238 Å². The molecule has 8 amide bonds. The molecule has 1 aromatic carbocycles. The van der Waals surface area contributed by atoms with Gasteiger partial charge in [-0.15, -0.1) is 0 Å². The molecular weight excluding hydrogens is 1540 g/mol. The molecule has 20 atom stereocenters. The number of carboxylic acid groups (broad SMARTS) is 1. The zero-order valence-electron chi connectivity index (χ0n) is 62.2. The zero-order chi connectivity index (χ0) is 80.1. The van der Waals surface area contributed by atoms with Crippen molar-refractivity contribution in [1.82, 2.24) is 42.5 Å². The number of urea groups is 3. The fourth-order valence-corrected chi connectivity index (χ4v) is 18.4. The molecule has 38 nitrogen and oxygen atoms in total. The number of amides is 8. The average molecular weight is 1640 g/mol. The Bertz CT molecular complexity index is 3290. The monoisotopic (exact) mass is 1640 g/mol. The van der Waals surface area contributed by atoms with Crippen LogP contribution in [0.15, 0.2) is 24.3 Å². The Kier molecular flexibility index (Phi) is 36.9. The van der Waals surface area contributed by atoms with E-state index in [4.69, 9.17) is 78.3 Å². The summed E-state index contributed by atoms with van der Waals surface area (Å²) in [5.74, 6) is -2.87. The predicted octanol–water partition coefficient (Wildman–Crippen LogP) is 3.56. The number of methoxy groups -OCH3 is 2. The molecule has 9 aliphatic heterocycles. The van der Waals surface area contributed by atoms with Crippen molar-refractivity contribution >= 4 is 124 Å². The minimum absolute atomic E-state index is 0.0557. The molecule has 0 spiro atoms. The second kappa shape index (κ2) is 45.3. The molecule has 0 bridgehead atoms. The molecule has 20 unspecified atom stereocenters. The lowest BCUT2D eigenvalue weighted by Gasteiger charge is -2.48. The predicted molar refractivity (Wildman–Crippen MR) is 390 cm³/mol. The van der Waals surface area contributed by atoms with Gasteiger partial charge in [-0.05, 0) is 57.6 Å². The summed E-state index contributed by atoms with van der Waals surface area (Å²) >= 11 is 10.3. The summed E-state index contributed by atoms with van der Waals surface area (Å²) in [7, 11) is 2.96. The highest BCUT2D eigenvalue weighted by atomic mass is 35.5. The summed E-state index contributed by atoms with van der Waals surface area (Å²) in [4.78, 5) is 151. The number of nitro benzene ring substituents is 1. The molecule has 9 saturated heterocycles. The second-order valence-corrected chi connectivity index (χ2v) is 30.8. The van der Waals surface area contributed by atoms with E-state index in [1.807, 2.05) is 23.5 Å². The Balaban J connectivity index is 0.000000312. The minimum atomic E-state index is -1.32. The third-order valence-corrected chi connectivity index (χ3v) is 23.2. The van der Waals surface area contributed by atoms with Gasteiger partial charge in [0.25, 0.3) is 5.69 Å². The van der Waals surface area contributed by atoms with Crippen LogP contribution in [0.3, 0.4) is 0 Å². The van der Waals surface area contributed by atoms with E-state index in [2.05, 4.69) is 47.3 Å². The maximum atomic E-state index is 13.0. The molecule has 9 heterocycles. The van der Waals surface area contributed by atoms with Gasteiger partial charge in [-0.2, -0.15) is 35.3 Å². The van der Waals surface area contributed by atoms with Crippen LogP contribution in [0.25, 0.3) is 0 Å². The highest BCUT2D eigenvalue weighted by Crippen LogP contribution is 2.38. The summed E-state index contributed by atoms with van der Waals surface area (Å²) in [6.45, 7) is 6.29. The molecule has 0 saturated carbocycles. The number of nitrogens with zero attached hydrogens (tertiary/aromatic N) is 1. The van der Waals surface area contributed by atoms with Gasteiger partial charge in [0, 0.05) is 125 Å². The number of carbonyl (C=O) groups excluding carboxylic acids is 11. The lowest BCUT2D eigenvalue weighted by Crippen LogP contribution is -2.66. The number of carbonyl (C=O) groups is 12. The molecule has 42 heteroatoms. The number of esters is 5. The van der Waals surface area contributed by atoms with E-state index < -0.39 is 120 Å². The van der Waals surface area contributed by atoms with Crippen LogP contribution in [0.2, 0.25) is 0 Å². The Labute approximate surface area is 652 Å². The van der Waals surface area contributed by atoms with Crippen LogP contribution in [0.4, 0.5) is 24.9 Å². The van der Waals surface area contributed by atoms with E-state index in [1.165, 1.54) is 45.4 Å². The number of nitrogens with one attached hydrogen (secondary N) is 8. The van der Waals surface area contributed by atoms with Gasteiger partial charge in [0.15, 0.2) is 18.3 Å². The van der Waals surface area contributed by atoms with Gasteiger partial charge in [0.1, 0.15) is 55.6 Å². The number of thioether (sulfide) groups is 3. The average Bonchev–Trinajstić information content (AvgIpc) is 1.45. The zero-order valence-corrected chi connectivity index (χ0v) is 65.4. The molecule has 9 fully saturated rings. The third-order valence-electron chi connectivity index (χ3n) is 18.5. The minimum Gasteiger partial charge on any atom is -0.491 e. The first-order valence-corrected chi connectivity index (χ1v) is 39.6. The van der Waals surface area contributed by atoms with Gasteiger partial charge in [-0.1, -0.05) is 19.3 Å². The number of benzene rings is 1. The number of hydrogen-bond acceptors (Lipinski definition) is 31. The van der Waals surface area contributed by atoms with Gasteiger partial charge >= 0.3 is 59.3 Å². The van der Waals surface area contributed by atoms with Crippen molar-refractivity contribution in [1.29, 1.82) is 0 Å². The Hall–Kier alpha value is -7.48. The number of non-ortho nitro benzene ring substituents is 1. The quantitative estimate of drug-likeness (QED) is 0.00696. The molecule has 9 N–H and O–H groups in total. The summed E-state index contributed by atoms with van der Waals surface area (Å²) < 4.78 is 78.6. The van der Waals surface area contributed by atoms with Gasteiger partial charge in [-0.25, -0.2) is 19.2 Å². The molecule has 1 aromatic rings. The summed E-state index contributed by atoms with van der Waals surface area (Å²) in [5.41, 5.74) is -0.916. The SMILES string of the molecule is CC(=O)OCC1OC(COc2ccc([N+](=O)[O-])cc2)C(OC(C)=O)C(OC(C)=O)C1COCC1OC2COC(NC(=O)CCCCC3SCC4NC(=O)NC43)OC2C(OC(C)=O)C1OC(C)=O.CCOC(=O)Cl.COC(NC(=O)CCCCC1SCC2NC(=O)NC21)OC.O=C(O)CCCCC1SCC2NC(=O)NC21. The molecule has 616 valence electrons. The van der Waals surface area contributed by atoms with Crippen LogP contribution in [0.1, 0.15) is 119 Å². The van der Waals surface area contributed by atoms with Gasteiger partial charge in [0.2, 0.25) is 24.6 Å². The summed E-state index contributed by atoms with van der Waals surface area (Å²) in [6, 6.07) is 6.07.